The summed E-state index contributed by atoms with van der Waals surface area (Å²) in [5.41, 5.74) is 5.54. The average molecular weight is 242 g/mol. The van der Waals surface area contributed by atoms with E-state index >= 15 is 0 Å². The van der Waals surface area contributed by atoms with E-state index in [4.69, 9.17) is 10.9 Å². The van der Waals surface area contributed by atoms with Crippen LogP contribution in [0.2, 0.25) is 0 Å². The fourth-order valence-electron chi connectivity index (χ4n) is 2.53. The number of likely N-dealkylation sites (tertiary alicyclic amines) is 1. The van der Waals surface area contributed by atoms with Crippen molar-refractivity contribution in [1.82, 2.24) is 9.80 Å². The quantitative estimate of drug-likeness (QED) is 0.315. The van der Waals surface area contributed by atoms with Gasteiger partial charge in [0.1, 0.15) is 5.84 Å². The van der Waals surface area contributed by atoms with Crippen LogP contribution in [0.25, 0.3) is 0 Å². The predicted molar refractivity (Wildman–Crippen MR) is 70.4 cm³/mol. The molecule has 0 bridgehead atoms. The lowest BCUT2D eigenvalue weighted by Crippen LogP contribution is -2.43. The van der Waals surface area contributed by atoms with Crippen molar-refractivity contribution < 1.29 is 5.21 Å². The van der Waals surface area contributed by atoms with Gasteiger partial charge in [-0.05, 0) is 39.9 Å². The van der Waals surface area contributed by atoms with E-state index in [1.54, 1.807) is 0 Å². The third-order valence-corrected chi connectivity index (χ3v) is 3.79. The van der Waals surface area contributed by atoms with Gasteiger partial charge in [0.15, 0.2) is 0 Å². The van der Waals surface area contributed by atoms with Crippen molar-refractivity contribution in [3.05, 3.63) is 0 Å². The number of nitrogens with zero attached hydrogens (tertiary/aromatic N) is 3. The van der Waals surface area contributed by atoms with Crippen LogP contribution >= 0.6 is 0 Å². The van der Waals surface area contributed by atoms with Crippen molar-refractivity contribution in [2.24, 2.45) is 10.9 Å². The molecule has 1 aliphatic heterocycles. The summed E-state index contributed by atoms with van der Waals surface area (Å²) in [6.07, 6.45) is 3.21. The lowest BCUT2D eigenvalue weighted by atomic mass is 10.1. The fraction of sp³-hybridized carbons (Fsp3) is 0.917. The van der Waals surface area contributed by atoms with E-state index in [-0.39, 0.29) is 0 Å². The van der Waals surface area contributed by atoms with Crippen LogP contribution in [0.5, 0.6) is 0 Å². The summed E-state index contributed by atoms with van der Waals surface area (Å²) < 4.78 is 0. The van der Waals surface area contributed by atoms with Crippen LogP contribution in [0.1, 0.15) is 33.1 Å². The first-order valence-electron chi connectivity index (χ1n) is 6.49. The van der Waals surface area contributed by atoms with Gasteiger partial charge >= 0.3 is 0 Å². The Bertz CT molecular complexity index is 257. The lowest BCUT2D eigenvalue weighted by molar-refractivity contribution is 0.171. The number of hydrogen-bond acceptors (Lipinski definition) is 4. The van der Waals surface area contributed by atoms with Gasteiger partial charge in [-0.2, -0.15) is 0 Å². The molecule has 1 saturated heterocycles. The van der Waals surface area contributed by atoms with E-state index in [0.29, 0.717) is 24.3 Å². The Morgan fingerprint density at radius 2 is 2.35 bits per heavy atom. The van der Waals surface area contributed by atoms with Crippen LogP contribution in [-0.2, 0) is 0 Å². The number of amidine groups is 1. The van der Waals surface area contributed by atoms with Gasteiger partial charge in [0, 0.05) is 25.0 Å². The molecule has 5 heteroatoms. The molecule has 0 aromatic rings. The highest BCUT2D eigenvalue weighted by atomic mass is 16.4. The summed E-state index contributed by atoms with van der Waals surface area (Å²) in [5, 5.41) is 11.6. The van der Waals surface area contributed by atoms with Gasteiger partial charge in [-0.3, -0.25) is 4.90 Å². The van der Waals surface area contributed by atoms with Gasteiger partial charge in [0.2, 0.25) is 0 Å². The Kier molecular flexibility index (Phi) is 5.71. The van der Waals surface area contributed by atoms with E-state index in [1.807, 2.05) is 0 Å². The molecule has 1 aliphatic rings. The largest absolute Gasteiger partial charge is 0.409 e. The van der Waals surface area contributed by atoms with Gasteiger partial charge in [-0.25, -0.2) is 0 Å². The minimum atomic E-state index is 0.308. The van der Waals surface area contributed by atoms with Crippen LogP contribution in [-0.4, -0.2) is 59.6 Å². The topological polar surface area (TPSA) is 65.1 Å². The Morgan fingerprint density at radius 1 is 1.65 bits per heavy atom. The van der Waals surface area contributed by atoms with E-state index in [0.717, 1.165) is 13.1 Å². The summed E-state index contributed by atoms with van der Waals surface area (Å²) >= 11 is 0. The molecular weight excluding hydrogens is 216 g/mol. The fourth-order valence-corrected chi connectivity index (χ4v) is 2.53. The maximum Gasteiger partial charge on any atom is 0.140 e. The van der Waals surface area contributed by atoms with Crippen LogP contribution in [0.3, 0.4) is 0 Å². The van der Waals surface area contributed by atoms with E-state index in [2.05, 4.69) is 35.9 Å². The zero-order chi connectivity index (χ0) is 12.8. The summed E-state index contributed by atoms with van der Waals surface area (Å²) in [5.74, 6) is 0.308. The first-order valence-corrected chi connectivity index (χ1v) is 6.49. The van der Waals surface area contributed by atoms with Crippen LogP contribution < -0.4 is 5.73 Å². The number of likely N-dealkylation sites (N-methyl/N-ethyl adjacent to an activating group) is 2. The SMILES string of the molecule is CCN1CCCC1CN(C)C(C)C/C(N)=N/O. The molecule has 5 nitrogen and oxygen atoms in total. The van der Waals surface area contributed by atoms with Crippen LogP contribution in [0, 0.1) is 0 Å². The summed E-state index contributed by atoms with van der Waals surface area (Å²) in [7, 11) is 2.11. The molecule has 3 N–H and O–H groups in total. The third-order valence-electron chi connectivity index (χ3n) is 3.79. The van der Waals surface area contributed by atoms with Crippen molar-refractivity contribution in [3.63, 3.8) is 0 Å². The predicted octanol–water partition coefficient (Wildman–Crippen LogP) is 0.928. The van der Waals surface area contributed by atoms with Crippen molar-refractivity contribution in [2.45, 2.75) is 45.2 Å². The molecule has 0 aromatic heterocycles. The normalized spacial score (nSPS) is 24.5. The second-order valence-corrected chi connectivity index (χ2v) is 5.01. The van der Waals surface area contributed by atoms with E-state index in [1.165, 1.54) is 19.4 Å². The number of oxime groups is 1. The molecule has 0 radical (unpaired) electrons. The zero-order valence-electron chi connectivity index (χ0n) is 11.3. The first kappa shape index (κ1) is 14.3. The second kappa shape index (κ2) is 6.81. The zero-order valence-corrected chi connectivity index (χ0v) is 11.3. The van der Waals surface area contributed by atoms with Crippen molar-refractivity contribution >= 4 is 5.84 Å². The second-order valence-electron chi connectivity index (χ2n) is 5.01. The highest BCUT2D eigenvalue weighted by Gasteiger charge is 2.25. The Hall–Kier alpha value is -0.810. The van der Waals surface area contributed by atoms with Gasteiger partial charge in [-0.15, -0.1) is 0 Å². The highest BCUT2D eigenvalue weighted by molar-refractivity contribution is 5.80. The molecule has 1 rings (SSSR count). The molecule has 17 heavy (non-hydrogen) atoms. The molecule has 0 saturated carbocycles. The van der Waals surface area contributed by atoms with Crippen LogP contribution in [0.15, 0.2) is 5.16 Å². The number of hydrogen-bond donors (Lipinski definition) is 2. The average Bonchev–Trinajstić information content (AvgIpc) is 2.75. The van der Waals surface area contributed by atoms with Crippen molar-refractivity contribution in [3.8, 4) is 0 Å². The third kappa shape index (κ3) is 4.16. The maximum absolute atomic E-state index is 8.57. The van der Waals surface area contributed by atoms with E-state index < -0.39 is 0 Å². The van der Waals surface area contributed by atoms with Crippen molar-refractivity contribution in [2.75, 3.05) is 26.7 Å². The molecule has 0 spiro atoms. The molecule has 0 aliphatic carbocycles. The molecular formula is C12H26N4O. The highest BCUT2D eigenvalue weighted by Crippen LogP contribution is 2.18. The number of nitrogens with two attached hydrogens (primary N) is 1. The Morgan fingerprint density at radius 3 is 2.94 bits per heavy atom. The standard InChI is InChI=1S/C12H26N4O/c1-4-16-7-5-6-11(16)9-15(3)10(2)8-12(13)14-17/h10-11,17H,4-9H2,1-3H3,(H2,13,14). The van der Waals surface area contributed by atoms with Crippen molar-refractivity contribution in [1.29, 1.82) is 0 Å². The van der Waals surface area contributed by atoms with Gasteiger partial charge < -0.3 is 15.8 Å². The summed E-state index contributed by atoms with van der Waals surface area (Å²) in [6, 6.07) is 0.977. The lowest BCUT2D eigenvalue weighted by Gasteiger charge is -2.31. The molecule has 100 valence electrons. The first-order chi connectivity index (χ1) is 8.08. The molecule has 0 amide bonds. The monoisotopic (exact) mass is 242 g/mol. The molecule has 1 heterocycles. The summed E-state index contributed by atoms with van der Waals surface area (Å²) in [6.45, 7) is 7.76. The molecule has 0 aromatic carbocycles. The van der Waals surface area contributed by atoms with Gasteiger partial charge in [0.25, 0.3) is 0 Å². The minimum Gasteiger partial charge on any atom is -0.409 e. The summed E-state index contributed by atoms with van der Waals surface area (Å²) in [4.78, 5) is 4.84. The molecule has 2 atom stereocenters. The van der Waals surface area contributed by atoms with Gasteiger partial charge in [-0.1, -0.05) is 12.1 Å². The maximum atomic E-state index is 8.57. The Balaban J connectivity index is 2.39. The van der Waals surface area contributed by atoms with E-state index in [9.17, 15) is 0 Å². The number of rotatable bonds is 6. The Labute approximate surface area is 104 Å². The van der Waals surface area contributed by atoms with Crippen LogP contribution in [0.4, 0.5) is 0 Å². The molecule has 2 unspecified atom stereocenters. The minimum absolute atomic E-state index is 0.308. The van der Waals surface area contributed by atoms with Gasteiger partial charge in [0.05, 0.1) is 0 Å². The molecule has 1 fully saturated rings. The smallest absolute Gasteiger partial charge is 0.140 e.